The lowest BCUT2D eigenvalue weighted by molar-refractivity contribution is -0.139. The number of hydrogen-bond donors (Lipinski definition) is 1. The molecule has 0 saturated carbocycles. The Morgan fingerprint density at radius 2 is 1.62 bits per heavy atom. The summed E-state index contributed by atoms with van der Waals surface area (Å²) in [5.41, 5.74) is 0.0920. The third-order valence-corrected chi connectivity index (χ3v) is 7.70. The lowest BCUT2D eigenvalue weighted by Crippen LogP contribution is -2.51. The molecule has 0 bridgehead atoms. The second kappa shape index (κ2) is 12.2. The van der Waals surface area contributed by atoms with Crippen molar-refractivity contribution in [3.63, 3.8) is 0 Å². The number of carbonyl (C=O) groups is 2. The Bertz CT molecular complexity index is 1370. The van der Waals surface area contributed by atoms with Gasteiger partial charge in [0.1, 0.15) is 24.2 Å². The van der Waals surface area contributed by atoms with Gasteiger partial charge in [-0.25, -0.2) is 17.2 Å². The maximum Gasteiger partial charge on any atom is 0.264 e. The predicted octanol–water partition coefficient (Wildman–Crippen LogP) is 4.37. The summed E-state index contributed by atoms with van der Waals surface area (Å²) in [6.07, 6.45) is 0. The van der Waals surface area contributed by atoms with Gasteiger partial charge in [-0.2, -0.15) is 0 Å². The highest BCUT2D eigenvalue weighted by molar-refractivity contribution is 7.92. The monoisotopic (exact) mass is 549 g/mol. The summed E-state index contributed by atoms with van der Waals surface area (Å²) in [6.45, 7) is 2.44. The molecule has 37 heavy (non-hydrogen) atoms. The van der Waals surface area contributed by atoms with E-state index in [1.807, 2.05) is 0 Å². The number of nitrogens with zero attached hydrogens (tertiary/aromatic N) is 2. The number of likely N-dealkylation sites (N-methyl/N-ethyl adjacent to an activating group) is 1. The van der Waals surface area contributed by atoms with E-state index in [9.17, 15) is 26.8 Å². The quantitative estimate of drug-likeness (QED) is 0.407. The Kier molecular flexibility index (Phi) is 9.23. The van der Waals surface area contributed by atoms with Crippen molar-refractivity contribution >= 4 is 39.1 Å². The molecule has 1 atom stereocenters. The van der Waals surface area contributed by atoms with Crippen LogP contribution in [0.15, 0.2) is 77.7 Å². The Morgan fingerprint density at radius 3 is 2.24 bits per heavy atom. The third kappa shape index (κ3) is 6.64. The number of rotatable bonds is 10. The van der Waals surface area contributed by atoms with Crippen LogP contribution in [0.4, 0.5) is 14.5 Å². The van der Waals surface area contributed by atoms with Crippen LogP contribution >= 0.6 is 11.6 Å². The van der Waals surface area contributed by atoms with Gasteiger partial charge in [0.05, 0.1) is 15.6 Å². The lowest BCUT2D eigenvalue weighted by atomic mass is 10.1. The Labute approximate surface area is 219 Å². The van der Waals surface area contributed by atoms with Crippen LogP contribution in [0.25, 0.3) is 0 Å². The van der Waals surface area contributed by atoms with Gasteiger partial charge < -0.3 is 10.2 Å². The molecule has 0 fully saturated rings. The summed E-state index contributed by atoms with van der Waals surface area (Å²) in [6, 6.07) is 15.4. The van der Waals surface area contributed by atoms with Gasteiger partial charge in [0.15, 0.2) is 0 Å². The van der Waals surface area contributed by atoms with E-state index in [4.69, 9.17) is 11.6 Å². The smallest absolute Gasteiger partial charge is 0.264 e. The van der Waals surface area contributed by atoms with Crippen molar-refractivity contribution in [1.29, 1.82) is 0 Å². The summed E-state index contributed by atoms with van der Waals surface area (Å²) in [5.74, 6) is -2.61. The van der Waals surface area contributed by atoms with Gasteiger partial charge in [0, 0.05) is 18.7 Å². The fraction of sp³-hybridized carbons (Fsp3) is 0.231. The van der Waals surface area contributed by atoms with E-state index in [0.29, 0.717) is 6.54 Å². The molecule has 196 valence electrons. The maximum atomic E-state index is 14.5. The Hall–Kier alpha value is -3.50. The fourth-order valence-corrected chi connectivity index (χ4v) is 5.21. The number of anilines is 1. The highest BCUT2D eigenvalue weighted by atomic mass is 35.5. The van der Waals surface area contributed by atoms with Crippen molar-refractivity contribution in [3.05, 3.63) is 95.0 Å². The minimum atomic E-state index is -4.32. The number of nitrogens with one attached hydrogen (secondary N) is 1. The highest BCUT2D eigenvalue weighted by Gasteiger charge is 2.33. The van der Waals surface area contributed by atoms with Gasteiger partial charge in [-0.3, -0.25) is 13.9 Å². The van der Waals surface area contributed by atoms with Crippen LogP contribution in [0.5, 0.6) is 0 Å². The van der Waals surface area contributed by atoms with Gasteiger partial charge in [0.25, 0.3) is 10.0 Å². The summed E-state index contributed by atoms with van der Waals surface area (Å²) < 4.78 is 56.3. The normalized spacial score (nSPS) is 12.0. The molecule has 0 saturated heterocycles. The van der Waals surface area contributed by atoms with E-state index < -0.39 is 46.1 Å². The minimum absolute atomic E-state index is 0.0555. The number of hydrogen-bond acceptors (Lipinski definition) is 4. The summed E-state index contributed by atoms with van der Waals surface area (Å²) in [5, 5.41) is 2.28. The third-order valence-electron chi connectivity index (χ3n) is 5.62. The Balaban J connectivity index is 2.05. The zero-order chi connectivity index (χ0) is 27.2. The zero-order valence-electron chi connectivity index (χ0n) is 20.2. The molecular formula is C26H26ClF2N3O4S. The van der Waals surface area contributed by atoms with Gasteiger partial charge in [-0.1, -0.05) is 48.0 Å². The first-order valence-corrected chi connectivity index (χ1v) is 13.2. The van der Waals surface area contributed by atoms with Crippen LogP contribution in [0, 0.1) is 11.6 Å². The molecule has 0 heterocycles. The van der Waals surface area contributed by atoms with Gasteiger partial charge >= 0.3 is 0 Å². The van der Waals surface area contributed by atoms with E-state index in [2.05, 4.69) is 5.32 Å². The maximum absolute atomic E-state index is 14.5. The molecule has 3 aromatic rings. The van der Waals surface area contributed by atoms with E-state index in [-0.39, 0.29) is 27.7 Å². The van der Waals surface area contributed by atoms with Gasteiger partial charge in [-0.15, -0.1) is 0 Å². The van der Waals surface area contributed by atoms with Crippen LogP contribution in [-0.2, 0) is 26.2 Å². The molecule has 0 spiro atoms. The molecule has 0 aromatic heterocycles. The molecule has 1 N–H and O–H groups in total. The molecule has 0 aliphatic carbocycles. The van der Waals surface area contributed by atoms with Crippen molar-refractivity contribution in [3.8, 4) is 0 Å². The Morgan fingerprint density at radius 1 is 0.973 bits per heavy atom. The van der Waals surface area contributed by atoms with Gasteiger partial charge in [-0.05, 0) is 50.2 Å². The average molecular weight is 550 g/mol. The summed E-state index contributed by atoms with van der Waals surface area (Å²) in [7, 11) is -4.32. The second-order valence-electron chi connectivity index (χ2n) is 8.11. The summed E-state index contributed by atoms with van der Waals surface area (Å²) in [4.78, 5) is 27.3. The number of benzene rings is 3. The topological polar surface area (TPSA) is 86.8 Å². The molecule has 0 aliphatic heterocycles. The second-order valence-corrected chi connectivity index (χ2v) is 10.4. The summed E-state index contributed by atoms with van der Waals surface area (Å²) >= 11 is 5.92. The number of halogens is 3. The van der Waals surface area contributed by atoms with E-state index in [1.165, 1.54) is 55.5 Å². The SMILES string of the molecule is CCNC(=O)[C@@H](C)N(Cc1ccccc1F)C(=O)CN(c1ccc(F)c(Cl)c1)S(=O)(=O)c1ccccc1. The molecule has 0 unspecified atom stereocenters. The number of carbonyl (C=O) groups excluding carboxylic acids is 2. The van der Waals surface area contributed by atoms with Crippen molar-refractivity contribution in [2.24, 2.45) is 0 Å². The van der Waals surface area contributed by atoms with Crippen molar-refractivity contribution in [2.45, 2.75) is 31.3 Å². The van der Waals surface area contributed by atoms with Crippen LogP contribution < -0.4 is 9.62 Å². The average Bonchev–Trinajstić information content (AvgIpc) is 2.88. The molecule has 0 aliphatic rings. The largest absolute Gasteiger partial charge is 0.355 e. The zero-order valence-corrected chi connectivity index (χ0v) is 21.8. The first-order valence-electron chi connectivity index (χ1n) is 11.4. The minimum Gasteiger partial charge on any atom is -0.355 e. The van der Waals surface area contributed by atoms with Crippen LogP contribution in [-0.4, -0.2) is 44.3 Å². The fourth-order valence-electron chi connectivity index (χ4n) is 3.60. The molecule has 3 rings (SSSR count). The standard InChI is InChI=1S/C26H26ClF2N3O4S/c1-3-30-26(34)18(2)31(16-19-9-7-8-12-23(19)28)25(33)17-32(20-13-14-24(29)22(27)15-20)37(35,36)21-10-5-4-6-11-21/h4-15,18H,3,16-17H2,1-2H3,(H,30,34)/t18-/m1/s1. The van der Waals surface area contributed by atoms with E-state index in [1.54, 1.807) is 19.1 Å². The van der Waals surface area contributed by atoms with Crippen molar-refractivity contribution in [1.82, 2.24) is 10.2 Å². The van der Waals surface area contributed by atoms with E-state index in [0.717, 1.165) is 21.3 Å². The molecule has 2 amide bonds. The predicted molar refractivity (Wildman–Crippen MR) is 137 cm³/mol. The molecular weight excluding hydrogens is 524 g/mol. The molecule has 0 radical (unpaired) electrons. The lowest BCUT2D eigenvalue weighted by Gasteiger charge is -2.32. The number of amides is 2. The first kappa shape index (κ1) is 28.1. The molecule has 3 aromatic carbocycles. The van der Waals surface area contributed by atoms with Crippen molar-refractivity contribution < 1.29 is 26.8 Å². The molecule has 11 heteroatoms. The number of sulfonamides is 1. The van der Waals surface area contributed by atoms with Crippen molar-refractivity contribution in [2.75, 3.05) is 17.4 Å². The van der Waals surface area contributed by atoms with E-state index >= 15 is 0 Å². The first-order chi connectivity index (χ1) is 17.6. The van der Waals surface area contributed by atoms with Crippen LogP contribution in [0.2, 0.25) is 5.02 Å². The van der Waals surface area contributed by atoms with Crippen LogP contribution in [0.1, 0.15) is 19.4 Å². The highest BCUT2D eigenvalue weighted by Crippen LogP contribution is 2.28. The molecule has 7 nitrogen and oxygen atoms in total. The van der Waals surface area contributed by atoms with Crippen LogP contribution in [0.3, 0.4) is 0 Å². The van der Waals surface area contributed by atoms with Gasteiger partial charge in [0.2, 0.25) is 11.8 Å².